The van der Waals surface area contributed by atoms with Gasteiger partial charge < -0.3 is 84.7 Å². The fraction of sp³-hybridized carbons (Fsp3) is 0.929. The van der Waals surface area contributed by atoms with Crippen LogP contribution in [-0.4, -0.2) is 172 Å². The van der Waals surface area contributed by atoms with Crippen molar-refractivity contribution in [1.29, 1.82) is 0 Å². The lowest BCUT2D eigenvalue weighted by atomic mass is 9.94. The van der Waals surface area contributed by atoms with Crippen LogP contribution in [0, 0.1) is 0 Å². The number of fused-ring (bicyclic) bond motifs is 1. The highest BCUT2D eigenvalue weighted by Gasteiger charge is 2.57. The second-order valence-electron chi connectivity index (χ2n) is 12.2. The van der Waals surface area contributed by atoms with E-state index in [4.69, 9.17) is 43.6 Å². The van der Waals surface area contributed by atoms with E-state index in [1.165, 1.54) is 0 Å². The Balaban J connectivity index is 1.47. The third-order valence-electron chi connectivity index (χ3n) is 8.63. The molecule has 4 saturated heterocycles. The minimum absolute atomic E-state index is 0.235. The molecule has 0 aromatic carbocycles. The lowest BCUT2D eigenvalue weighted by molar-refractivity contribution is -0.395. The Morgan fingerprint density at radius 1 is 0.894 bits per heavy atom. The van der Waals surface area contributed by atoms with Gasteiger partial charge in [0.15, 0.2) is 18.9 Å². The second kappa shape index (κ2) is 16.4. The number of carboxylic acid groups (broad SMARTS) is 1. The summed E-state index contributed by atoms with van der Waals surface area (Å²) in [6, 6.07) is -1.41. The number of amides is 1. The fourth-order valence-corrected chi connectivity index (χ4v) is 5.91. The van der Waals surface area contributed by atoms with Crippen molar-refractivity contribution in [2.45, 2.75) is 138 Å². The molecule has 4 heterocycles. The molecular weight excluding hydrogens is 636 g/mol. The predicted octanol–water partition coefficient (Wildman–Crippen LogP) is -4.39. The zero-order valence-corrected chi connectivity index (χ0v) is 26.4. The lowest BCUT2D eigenvalue weighted by Gasteiger charge is -2.51. The van der Waals surface area contributed by atoms with Crippen LogP contribution in [0.15, 0.2) is 0 Å². The molecule has 0 bridgehead atoms. The fourth-order valence-electron chi connectivity index (χ4n) is 5.91. The zero-order chi connectivity index (χ0) is 34.6. The Hall–Kier alpha value is -1.66. The molecule has 0 aromatic rings. The highest BCUT2D eigenvalue weighted by atomic mass is 16.8. The quantitative estimate of drug-likeness (QED) is 0.0828. The van der Waals surface area contributed by atoms with Crippen LogP contribution in [0.25, 0.3) is 0 Å². The maximum absolute atomic E-state index is 12.2. The number of nitrogens with two attached hydrogens (primary N) is 1. The third kappa shape index (κ3) is 8.56. The number of hydrogen-bond donors (Lipinski definition) is 9. The van der Waals surface area contributed by atoms with Crippen molar-refractivity contribution in [2.75, 3.05) is 26.4 Å². The standard InChI is InChI=1S/C28H48N2O17/c1-11-16(33)23(20(37)25(42-11)40-8-6-4-5-7-29)46-24-15(30-12(2)32)17(34)21(13(9-31)43-24)45-26-19(36)18(35)22-14(44-26)10-41-28(3,47-22)27(38)39/h11,13-26,31,33-37H,4-10,29H2,1-3H3,(H,30,32)(H,38,39)/t11-,13+,14+,15+,16+,17+,18+,19+,20-,21+,22-,23+,24-,25-,26-,28+/m0/s1. The first-order valence-electron chi connectivity index (χ1n) is 15.6. The molecule has 0 saturated carbocycles. The molecule has 4 fully saturated rings. The van der Waals surface area contributed by atoms with Crippen molar-refractivity contribution in [3.8, 4) is 0 Å². The summed E-state index contributed by atoms with van der Waals surface area (Å²) in [5.74, 6) is -4.19. The SMILES string of the molecule is CC(=O)N[C@H]1[C@H](O[C@H]2[C@H](O)[C@@H](OCCCCCN)O[C@@H](C)[C@H]2O)O[C@H](CO)[C@@H](O[C@@H]2O[C@@H]3CO[C@@](C)(C(=O)O)O[C@@H]3[C@H](O)[C@H]2O)[C@@H]1O. The number of ether oxygens (including phenoxy) is 8. The van der Waals surface area contributed by atoms with E-state index in [2.05, 4.69) is 5.32 Å². The van der Waals surface area contributed by atoms with Gasteiger partial charge in [0, 0.05) is 20.5 Å². The molecule has 47 heavy (non-hydrogen) atoms. The summed E-state index contributed by atoms with van der Waals surface area (Å²) >= 11 is 0. The summed E-state index contributed by atoms with van der Waals surface area (Å²) in [4.78, 5) is 23.7. The van der Waals surface area contributed by atoms with Crippen molar-refractivity contribution in [2.24, 2.45) is 5.73 Å². The van der Waals surface area contributed by atoms with Crippen molar-refractivity contribution >= 4 is 11.9 Å². The van der Waals surface area contributed by atoms with Crippen molar-refractivity contribution in [3.05, 3.63) is 0 Å². The van der Waals surface area contributed by atoms with Crippen LogP contribution in [-0.2, 0) is 47.5 Å². The van der Waals surface area contributed by atoms with E-state index in [-0.39, 0.29) is 13.2 Å². The number of rotatable bonds is 13. The molecule has 1 amide bonds. The number of carbonyl (C=O) groups is 2. The summed E-state index contributed by atoms with van der Waals surface area (Å²) in [5.41, 5.74) is 5.51. The number of aliphatic hydroxyl groups excluding tert-OH is 6. The van der Waals surface area contributed by atoms with Gasteiger partial charge in [-0.15, -0.1) is 0 Å². The van der Waals surface area contributed by atoms with Crippen LogP contribution in [0.4, 0.5) is 0 Å². The molecule has 19 nitrogen and oxygen atoms in total. The van der Waals surface area contributed by atoms with E-state index in [1.807, 2.05) is 0 Å². The first-order valence-corrected chi connectivity index (χ1v) is 15.6. The maximum atomic E-state index is 12.2. The Labute approximate surface area is 270 Å². The normalized spacial score (nSPS) is 45.6. The molecule has 0 radical (unpaired) electrons. The van der Waals surface area contributed by atoms with E-state index >= 15 is 0 Å². The highest BCUT2D eigenvalue weighted by Crippen LogP contribution is 2.36. The average molecular weight is 685 g/mol. The van der Waals surface area contributed by atoms with Gasteiger partial charge >= 0.3 is 5.97 Å². The van der Waals surface area contributed by atoms with E-state index in [0.29, 0.717) is 13.0 Å². The first-order chi connectivity index (χ1) is 22.2. The van der Waals surface area contributed by atoms with Crippen LogP contribution in [0.1, 0.15) is 40.0 Å². The van der Waals surface area contributed by atoms with Gasteiger partial charge in [0.05, 0.1) is 19.3 Å². The molecule has 0 spiro atoms. The highest BCUT2D eigenvalue weighted by molar-refractivity contribution is 5.75. The minimum Gasteiger partial charge on any atom is -0.477 e. The topological polar surface area (TPSA) is 288 Å². The Kier molecular flexibility index (Phi) is 13.3. The van der Waals surface area contributed by atoms with Gasteiger partial charge in [-0.05, 0) is 32.7 Å². The van der Waals surface area contributed by atoms with E-state index in [9.17, 15) is 45.3 Å². The number of aliphatic carboxylic acids is 1. The molecule has 4 aliphatic heterocycles. The summed E-state index contributed by atoms with van der Waals surface area (Å²) in [7, 11) is 0. The zero-order valence-electron chi connectivity index (χ0n) is 26.4. The van der Waals surface area contributed by atoms with Gasteiger partial charge in [0.1, 0.15) is 67.1 Å². The molecule has 4 rings (SSSR count). The molecule has 16 atom stereocenters. The Bertz CT molecular complexity index is 1040. The number of carbonyl (C=O) groups excluding carboxylic acids is 1. The van der Waals surface area contributed by atoms with Gasteiger partial charge in [-0.2, -0.15) is 0 Å². The van der Waals surface area contributed by atoms with Gasteiger partial charge in [-0.1, -0.05) is 0 Å². The predicted molar refractivity (Wildman–Crippen MR) is 152 cm³/mol. The summed E-state index contributed by atoms with van der Waals surface area (Å²) in [6.45, 7) is 3.45. The molecular formula is C28H48N2O17. The molecule has 0 aromatic heterocycles. The van der Waals surface area contributed by atoms with Gasteiger partial charge in [-0.3, -0.25) is 4.79 Å². The first kappa shape index (κ1) is 38.1. The largest absolute Gasteiger partial charge is 0.477 e. The maximum Gasteiger partial charge on any atom is 0.364 e. The number of unbranched alkanes of at least 4 members (excludes halogenated alkanes) is 2. The Morgan fingerprint density at radius 3 is 2.23 bits per heavy atom. The van der Waals surface area contributed by atoms with Crippen LogP contribution in [0.2, 0.25) is 0 Å². The van der Waals surface area contributed by atoms with Gasteiger partial charge in [0.25, 0.3) is 5.79 Å². The van der Waals surface area contributed by atoms with Gasteiger partial charge in [0.2, 0.25) is 5.91 Å². The van der Waals surface area contributed by atoms with Crippen molar-refractivity contribution in [1.82, 2.24) is 5.32 Å². The molecule has 19 heteroatoms. The molecule has 0 unspecified atom stereocenters. The van der Waals surface area contributed by atoms with Gasteiger partial charge in [-0.25, -0.2) is 4.79 Å². The summed E-state index contributed by atoms with van der Waals surface area (Å²) in [5, 5.41) is 77.0. The third-order valence-corrected chi connectivity index (χ3v) is 8.63. The number of hydrogen-bond acceptors (Lipinski definition) is 17. The summed E-state index contributed by atoms with van der Waals surface area (Å²) < 4.78 is 45.4. The smallest absolute Gasteiger partial charge is 0.364 e. The van der Waals surface area contributed by atoms with E-state index < -0.39 is 116 Å². The number of nitrogens with one attached hydrogen (secondary N) is 1. The van der Waals surface area contributed by atoms with Crippen LogP contribution in [0.5, 0.6) is 0 Å². The monoisotopic (exact) mass is 684 g/mol. The number of aliphatic hydroxyl groups is 6. The molecule has 0 aliphatic carbocycles. The molecule has 10 N–H and O–H groups in total. The minimum atomic E-state index is -2.10. The number of carboxylic acids is 1. The second-order valence-corrected chi connectivity index (χ2v) is 12.2. The molecule has 272 valence electrons. The molecule has 4 aliphatic rings. The van der Waals surface area contributed by atoms with Crippen molar-refractivity contribution in [3.63, 3.8) is 0 Å². The van der Waals surface area contributed by atoms with Crippen LogP contribution < -0.4 is 11.1 Å². The Morgan fingerprint density at radius 2 is 1.60 bits per heavy atom. The average Bonchev–Trinajstić information content (AvgIpc) is 3.02. The van der Waals surface area contributed by atoms with Crippen LogP contribution >= 0.6 is 0 Å². The lowest BCUT2D eigenvalue weighted by Crippen LogP contribution is -2.70. The van der Waals surface area contributed by atoms with E-state index in [0.717, 1.165) is 26.7 Å². The van der Waals surface area contributed by atoms with Crippen LogP contribution in [0.3, 0.4) is 0 Å². The van der Waals surface area contributed by atoms with E-state index in [1.54, 1.807) is 6.92 Å². The van der Waals surface area contributed by atoms with Crippen molar-refractivity contribution < 1.29 is 83.2 Å². The summed E-state index contributed by atoms with van der Waals surface area (Å²) in [6.07, 6.45) is -17.9.